The van der Waals surface area contributed by atoms with Crippen LogP contribution in [0.1, 0.15) is 25.0 Å². The summed E-state index contributed by atoms with van der Waals surface area (Å²) in [6.07, 6.45) is 0. The van der Waals surface area contributed by atoms with E-state index in [4.69, 9.17) is 0 Å². The zero-order valence-corrected chi connectivity index (χ0v) is 14.3. The van der Waals surface area contributed by atoms with Crippen LogP contribution in [0.5, 0.6) is 0 Å². The van der Waals surface area contributed by atoms with Crippen molar-refractivity contribution >= 4 is 31.9 Å². The fourth-order valence-electron chi connectivity index (χ4n) is 2.85. The summed E-state index contributed by atoms with van der Waals surface area (Å²) in [6, 6.07) is 11.4. The maximum absolute atomic E-state index is 10.9. The molecular formula is C16H14Br2O2. The van der Waals surface area contributed by atoms with Crippen LogP contribution in [0.25, 0.3) is 11.1 Å². The van der Waals surface area contributed by atoms with Gasteiger partial charge in [0.2, 0.25) is 0 Å². The van der Waals surface area contributed by atoms with E-state index in [1.807, 2.05) is 36.4 Å². The van der Waals surface area contributed by atoms with E-state index in [9.17, 15) is 10.2 Å². The Morgan fingerprint density at radius 3 is 1.45 bits per heavy atom. The van der Waals surface area contributed by atoms with E-state index in [2.05, 4.69) is 31.9 Å². The molecule has 0 fully saturated rings. The van der Waals surface area contributed by atoms with Crippen LogP contribution in [0.4, 0.5) is 0 Å². The van der Waals surface area contributed by atoms with E-state index in [0.29, 0.717) is 0 Å². The van der Waals surface area contributed by atoms with Crippen molar-refractivity contribution < 1.29 is 10.2 Å². The molecule has 2 nitrogen and oxygen atoms in total. The Morgan fingerprint density at radius 1 is 0.750 bits per heavy atom. The van der Waals surface area contributed by atoms with E-state index < -0.39 is 11.2 Å². The molecule has 0 spiro atoms. The molecule has 1 aliphatic carbocycles. The zero-order chi connectivity index (χ0) is 14.7. The molecule has 0 amide bonds. The third-order valence-corrected chi connectivity index (χ3v) is 5.24. The molecule has 2 aromatic carbocycles. The number of benzene rings is 2. The molecule has 20 heavy (non-hydrogen) atoms. The molecule has 0 bridgehead atoms. The average Bonchev–Trinajstić information content (AvgIpc) is 2.36. The molecule has 0 heterocycles. The molecule has 2 aromatic rings. The minimum atomic E-state index is -1.34. The monoisotopic (exact) mass is 396 g/mol. The maximum Gasteiger partial charge on any atom is 0.120 e. The van der Waals surface area contributed by atoms with Gasteiger partial charge in [-0.05, 0) is 60.4 Å². The van der Waals surface area contributed by atoms with Gasteiger partial charge < -0.3 is 10.2 Å². The largest absolute Gasteiger partial charge is 0.382 e. The lowest BCUT2D eigenvalue weighted by atomic mass is 9.67. The van der Waals surface area contributed by atoms with Crippen molar-refractivity contribution in [3.05, 3.63) is 56.5 Å². The van der Waals surface area contributed by atoms with Crippen molar-refractivity contribution in [3.8, 4) is 11.1 Å². The Bertz CT molecular complexity index is 644. The van der Waals surface area contributed by atoms with Crippen LogP contribution in [0, 0.1) is 0 Å². The Kier molecular flexibility index (Phi) is 3.14. The summed E-state index contributed by atoms with van der Waals surface area (Å²) < 4.78 is 1.89. The molecule has 104 valence electrons. The van der Waals surface area contributed by atoms with Crippen LogP contribution in [-0.2, 0) is 11.2 Å². The Morgan fingerprint density at radius 2 is 1.10 bits per heavy atom. The predicted octanol–water partition coefficient (Wildman–Crippen LogP) is 4.31. The summed E-state index contributed by atoms with van der Waals surface area (Å²) in [5.41, 5.74) is 0.653. The Hall–Kier alpha value is -0.680. The molecule has 0 aliphatic heterocycles. The summed E-state index contributed by atoms with van der Waals surface area (Å²) in [5, 5.41) is 21.8. The number of hydrogen-bond acceptors (Lipinski definition) is 2. The number of halogens is 2. The molecule has 4 heteroatoms. The molecule has 1 aliphatic rings. The Labute approximate surface area is 134 Å². The smallest absolute Gasteiger partial charge is 0.120 e. The van der Waals surface area contributed by atoms with E-state index in [1.165, 1.54) is 0 Å². The second-order valence-electron chi connectivity index (χ2n) is 5.52. The number of hydrogen-bond donors (Lipinski definition) is 2. The van der Waals surface area contributed by atoms with E-state index in [1.54, 1.807) is 13.8 Å². The molecule has 2 N–H and O–H groups in total. The van der Waals surface area contributed by atoms with Crippen LogP contribution >= 0.6 is 31.9 Å². The van der Waals surface area contributed by atoms with E-state index >= 15 is 0 Å². The van der Waals surface area contributed by atoms with E-state index in [-0.39, 0.29) is 0 Å². The van der Waals surface area contributed by atoms with Gasteiger partial charge >= 0.3 is 0 Å². The maximum atomic E-state index is 10.9. The Balaban J connectivity index is 2.44. The molecule has 2 unspecified atom stereocenters. The van der Waals surface area contributed by atoms with Gasteiger partial charge in [-0.15, -0.1) is 0 Å². The number of aliphatic hydroxyl groups is 2. The number of fused-ring (bicyclic) bond motifs is 3. The van der Waals surface area contributed by atoms with Crippen molar-refractivity contribution in [1.29, 1.82) is 0 Å². The summed E-state index contributed by atoms with van der Waals surface area (Å²) in [4.78, 5) is 0. The van der Waals surface area contributed by atoms with Crippen LogP contribution in [-0.4, -0.2) is 10.2 Å². The van der Waals surface area contributed by atoms with Crippen molar-refractivity contribution in [1.82, 2.24) is 0 Å². The van der Waals surface area contributed by atoms with Gasteiger partial charge in [-0.25, -0.2) is 0 Å². The highest BCUT2D eigenvalue weighted by atomic mass is 79.9. The highest BCUT2D eigenvalue weighted by Crippen LogP contribution is 2.52. The second-order valence-corrected chi connectivity index (χ2v) is 7.36. The summed E-state index contributed by atoms with van der Waals surface area (Å²) in [7, 11) is 0. The fourth-order valence-corrected chi connectivity index (χ4v) is 3.57. The molecular weight excluding hydrogens is 384 g/mol. The predicted molar refractivity (Wildman–Crippen MR) is 86.4 cm³/mol. The minimum Gasteiger partial charge on any atom is -0.382 e. The van der Waals surface area contributed by atoms with Gasteiger partial charge in [-0.3, -0.25) is 0 Å². The third-order valence-electron chi connectivity index (χ3n) is 4.25. The van der Waals surface area contributed by atoms with Crippen LogP contribution in [0.3, 0.4) is 0 Å². The van der Waals surface area contributed by atoms with Gasteiger partial charge in [0.05, 0.1) is 0 Å². The normalized spacial score (nSPS) is 27.9. The first-order valence-corrected chi connectivity index (χ1v) is 7.89. The van der Waals surface area contributed by atoms with Gasteiger partial charge in [0.25, 0.3) is 0 Å². The van der Waals surface area contributed by atoms with Gasteiger partial charge in [-0.1, -0.05) is 44.0 Å². The van der Waals surface area contributed by atoms with Crippen LogP contribution in [0.2, 0.25) is 0 Å². The molecule has 0 saturated heterocycles. The van der Waals surface area contributed by atoms with Crippen LogP contribution < -0.4 is 0 Å². The van der Waals surface area contributed by atoms with Crippen molar-refractivity contribution in [2.24, 2.45) is 0 Å². The van der Waals surface area contributed by atoms with Gasteiger partial charge in [-0.2, -0.15) is 0 Å². The summed E-state index contributed by atoms with van der Waals surface area (Å²) in [5.74, 6) is 0. The van der Waals surface area contributed by atoms with Crippen LogP contribution in [0.15, 0.2) is 45.3 Å². The standard InChI is InChI=1S/C16H14Br2O2/c1-15(19)13-5-3-9(17)7-11(13)12-8-10(18)4-6-14(12)16(15,2)20/h3-8,19-20H,1-2H3. The first-order chi connectivity index (χ1) is 9.25. The topological polar surface area (TPSA) is 40.5 Å². The molecule has 0 radical (unpaired) electrons. The quantitative estimate of drug-likeness (QED) is 0.695. The SMILES string of the molecule is CC1(O)c2ccc(Br)cc2-c2cc(Br)ccc2C1(C)O. The lowest BCUT2D eigenvalue weighted by Crippen LogP contribution is -2.47. The average molecular weight is 398 g/mol. The minimum absolute atomic E-state index is 0.733. The third kappa shape index (κ3) is 1.82. The lowest BCUT2D eigenvalue weighted by Gasteiger charge is -2.45. The van der Waals surface area contributed by atoms with Crippen molar-refractivity contribution in [3.63, 3.8) is 0 Å². The molecule has 3 rings (SSSR count). The van der Waals surface area contributed by atoms with Gasteiger partial charge in [0, 0.05) is 8.95 Å². The molecule has 2 atom stereocenters. The summed E-state index contributed by atoms with van der Waals surface area (Å²) >= 11 is 6.94. The highest BCUT2D eigenvalue weighted by Gasteiger charge is 2.50. The fraction of sp³-hybridized carbons (Fsp3) is 0.250. The second kappa shape index (κ2) is 4.41. The highest BCUT2D eigenvalue weighted by molar-refractivity contribution is 9.10. The van der Waals surface area contributed by atoms with Gasteiger partial charge in [0.1, 0.15) is 11.2 Å². The van der Waals surface area contributed by atoms with Crippen molar-refractivity contribution in [2.75, 3.05) is 0 Å². The zero-order valence-electron chi connectivity index (χ0n) is 11.1. The molecule has 0 aromatic heterocycles. The summed E-state index contributed by atoms with van der Waals surface area (Å²) in [6.45, 7) is 3.31. The van der Waals surface area contributed by atoms with Gasteiger partial charge in [0.15, 0.2) is 0 Å². The first kappa shape index (κ1) is 14.3. The number of rotatable bonds is 0. The lowest BCUT2D eigenvalue weighted by molar-refractivity contribution is -0.144. The van der Waals surface area contributed by atoms with E-state index in [0.717, 1.165) is 31.2 Å². The first-order valence-electron chi connectivity index (χ1n) is 6.30. The van der Waals surface area contributed by atoms with Crippen molar-refractivity contribution in [2.45, 2.75) is 25.0 Å². The molecule has 0 saturated carbocycles.